The largest absolute Gasteiger partial charge is 0.497 e. The predicted octanol–water partition coefficient (Wildman–Crippen LogP) is 1.25. The fourth-order valence-corrected chi connectivity index (χ4v) is 4.86. The molecule has 2 N–H and O–H groups in total. The molecule has 7 nitrogen and oxygen atoms in total. The van der Waals surface area contributed by atoms with E-state index in [0.29, 0.717) is 35.6 Å². The number of ether oxygens (including phenoxy) is 2. The fraction of sp³-hybridized carbons (Fsp3) is 0.600. The summed E-state index contributed by atoms with van der Waals surface area (Å²) in [6.07, 6.45) is 2.41. The van der Waals surface area contributed by atoms with E-state index < -0.39 is 0 Å². The average Bonchev–Trinajstić information content (AvgIpc) is 3.36. The van der Waals surface area contributed by atoms with Crippen LogP contribution < -0.4 is 20.1 Å². The Kier molecular flexibility index (Phi) is 4.72. The van der Waals surface area contributed by atoms with Gasteiger partial charge in [0.15, 0.2) is 0 Å². The highest BCUT2D eigenvalue weighted by molar-refractivity contribution is 6.01. The van der Waals surface area contributed by atoms with Gasteiger partial charge in [-0.1, -0.05) is 0 Å². The zero-order valence-electron chi connectivity index (χ0n) is 15.9. The van der Waals surface area contributed by atoms with Crippen molar-refractivity contribution in [3.63, 3.8) is 0 Å². The quantitative estimate of drug-likeness (QED) is 0.859. The van der Waals surface area contributed by atoms with Gasteiger partial charge in [0, 0.05) is 38.2 Å². The third-order valence-corrected chi connectivity index (χ3v) is 6.38. The molecule has 0 bridgehead atoms. The normalized spacial score (nSPS) is 30.0. The molecular weight excluding hydrogens is 346 g/mol. The summed E-state index contributed by atoms with van der Waals surface area (Å²) < 4.78 is 10.6. The van der Waals surface area contributed by atoms with Gasteiger partial charge in [-0.25, -0.2) is 0 Å². The first-order chi connectivity index (χ1) is 13.0. The van der Waals surface area contributed by atoms with Crippen molar-refractivity contribution >= 4 is 17.5 Å². The van der Waals surface area contributed by atoms with Crippen molar-refractivity contribution in [2.45, 2.75) is 25.3 Å². The molecule has 2 aliphatic heterocycles. The molecule has 27 heavy (non-hydrogen) atoms. The standard InChI is InChI=1S/C20H27N3O4/c1-26-14-4-6-17(18(8-14)27-2)23-10-13(7-19(23)24)20(25)22-9-12-3-5-16(21)15(12)11-22/h4,6,8,12-13,15-16H,3,5,7,9-11,21H2,1-2H3. The van der Waals surface area contributed by atoms with E-state index in [1.807, 2.05) is 11.0 Å². The maximum atomic E-state index is 13.0. The van der Waals surface area contributed by atoms with Gasteiger partial charge in [0.2, 0.25) is 11.8 Å². The first-order valence-corrected chi connectivity index (χ1v) is 9.58. The minimum Gasteiger partial charge on any atom is -0.497 e. The molecule has 4 unspecified atom stereocenters. The summed E-state index contributed by atoms with van der Waals surface area (Å²) >= 11 is 0. The summed E-state index contributed by atoms with van der Waals surface area (Å²) in [5.74, 6) is 1.90. The number of methoxy groups -OCH3 is 2. The van der Waals surface area contributed by atoms with Crippen molar-refractivity contribution in [3.8, 4) is 11.5 Å². The molecule has 4 rings (SSSR count). The molecule has 3 fully saturated rings. The van der Waals surface area contributed by atoms with Crippen LogP contribution in [-0.4, -0.2) is 56.6 Å². The number of nitrogens with zero attached hydrogens (tertiary/aromatic N) is 2. The molecule has 1 aromatic rings. The minimum absolute atomic E-state index is 0.0482. The Bertz CT molecular complexity index is 753. The van der Waals surface area contributed by atoms with E-state index in [1.54, 1.807) is 31.3 Å². The summed E-state index contributed by atoms with van der Waals surface area (Å²) in [6.45, 7) is 1.91. The topological polar surface area (TPSA) is 85.1 Å². The second-order valence-corrected chi connectivity index (χ2v) is 7.85. The van der Waals surface area contributed by atoms with Crippen LogP contribution in [0.3, 0.4) is 0 Å². The average molecular weight is 373 g/mol. The Hall–Kier alpha value is -2.28. The maximum absolute atomic E-state index is 13.0. The first kappa shape index (κ1) is 18.1. The number of carbonyl (C=O) groups is 2. The SMILES string of the molecule is COc1ccc(N2CC(C(=O)N3CC4CCC(N)C4C3)CC2=O)c(OC)c1. The lowest BCUT2D eigenvalue weighted by atomic mass is 9.98. The Morgan fingerprint density at radius 3 is 2.67 bits per heavy atom. The van der Waals surface area contributed by atoms with Crippen molar-refractivity contribution in [3.05, 3.63) is 18.2 Å². The monoisotopic (exact) mass is 373 g/mol. The number of fused-ring (bicyclic) bond motifs is 1. The number of anilines is 1. The van der Waals surface area contributed by atoms with E-state index in [2.05, 4.69) is 0 Å². The van der Waals surface area contributed by atoms with Crippen LogP contribution in [0.5, 0.6) is 11.5 Å². The van der Waals surface area contributed by atoms with Gasteiger partial charge in [0.1, 0.15) is 11.5 Å². The maximum Gasteiger partial charge on any atom is 0.228 e. The molecule has 146 valence electrons. The summed E-state index contributed by atoms with van der Waals surface area (Å²) in [7, 11) is 3.15. The molecule has 2 heterocycles. The second-order valence-electron chi connectivity index (χ2n) is 7.85. The molecule has 0 radical (unpaired) electrons. The molecule has 0 aromatic heterocycles. The van der Waals surface area contributed by atoms with Gasteiger partial charge in [-0.15, -0.1) is 0 Å². The molecule has 0 spiro atoms. The number of rotatable bonds is 4. The molecule has 7 heteroatoms. The summed E-state index contributed by atoms with van der Waals surface area (Å²) in [5.41, 5.74) is 6.87. The van der Waals surface area contributed by atoms with Crippen LogP contribution in [0.1, 0.15) is 19.3 Å². The number of benzene rings is 1. The van der Waals surface area contributed by atoms with Crippen LogP contribution in [0, 0.1) is 17.8 Å². The molecule has 2 amide bonds. The van der Waals surface area contributed by atoms with E-state index in [0.717, 1.165) is 25.9 Å². The summed E-state index contributed by atoms with van der Waals surface area (Å²) in [5, 5.41) is 0. The summed E-state index contributed by atoms with van der Waals surface area (Å²) in [4.78, 5) is 29.2. The van der Waals surface area contributed by atoms with Crippen LogP contribution in [0.25, 0.3) is 0 Å². The van der Waals surface area contributed by atoms with Gasteiger partial charge >= 0.3 is 0 Å². The number of carbonyl (C=O) groups excluding carboxylic acids is 2. The van der Waals surface area contributed by atoms with E-state index in [4.69, 9.17) is 15.2 Å². The van der Waals surface area contributed by atoms with Crippen molar-refractivity contribution in [2.75, 3.05) is 38.8 Å². The van der Waals surface area contributed by atoms with Gasteiger partial charge in [-0.2, -0.15) is 0 Å². The molecule has 4 atom stereocenters. The van der Waals surface area contributed by atoms with Gasteiger partial charge in [-0.05, 0) is 36.8 Å². The number of nitrogens with two attached hydrogens (primary N) is 1. The fourth-order valence-electron chi connectivity index (χ4n) is 4.86. The van der Waals surface area contributed by atoms with E-state index in [9.17, 15) is 9.59 Å². The molecule has 1 aromatic carbocycles. The molecular formula is C20H27N3O4. The van der Waals surface area contributed by atoms with Crippen LogP contribution in [0.4, 0.5) is 5.69 Å². The smallest absolute Gasteiger partial charge is 0.228 e. The Labute approximate surface area is 159 Å². The van der Waals surface area contributed by atoms with Crippen molar-refractivity contribution < 1.29 is 19.1 Å². The molecule has 2 saturated heterocycles. The minimum atomic E-state index is -0.306. The highest BCUT2D eigenvalue weighted by Gasteiger charge is 2.45. The molecule has 1 aliphatic carbocycles. The lowest BCUT2D eigenvalue weighted by molar-refractivity contribution is -0.135. The third kappa shape index (κ3) is 3.14. The van der Waals surface area contributed by atoms with E-state index in [-0.39, 0.29) is 30.2 Å². The Morgan fingerprint density at radius 2 is 1.96 bits per heavy atom. The van der Waals surface area contributed by atoms with Gasteiger partial charge < -0.3 is 25.0 Å². The third-order valence-electron chi connectivity index (χ3n) is 6.38. The zero-order chi connectivity index (χ0) is 19.1. The van der Waals surface area contributed by atoms with Crippen LogP contribution in [-0.2, 0) is 9.59 Å². The molecule has 1 saturated carbocycles. The lowest BCUT2D eigenvalue weighted by Crippen LogP contribution is -2.38. The highest BCUT2D eigenvalue weighted by Crippen LogP contribution is 2.39. The lowest BCUT2D eigenvalue weighted by Gasteiger charge is -2.23. The first-order valence-electron chi connectivity index (χ1n) is 9.58. The van der Waals surface area contributed by atoms with Crippen molar-refractivity contribution in [1.82, 2.24) is 4.90 Å². The predicted molar refractivity (Wildman–Crippen MR) is 101 cm³/mol. The Balaban J connectivity index is 1.47. The van der Waals surface area contributed by atoms with Crippen LogP contribution in [0.2, 0.25) is 0 Å². The van der Waals surface area contributed by atoms with Gasteiger partial charge in [0.05, 0.1) is 25.8 Å². The zero-order valence-corrected chi connectivity index (χ0v) is 15.9. The number of amides is 2. The Morgan fingerprint density at radius 1 is 1.15 bits per heavy atom. The number of hydrogen-bond donors (Lipinski definition) is 1. The van der Waals surface area contributed by atoms with Crippen LogP contribution >= 0.6 is 0 Å². The second kappa shape index (κ2) is 7.03. The van der Waals surface area contributed by atoms with Crippen molar-refractivity contribution in [2.24, 2.45) is 23.5 Å². The van der Waals surface area contributed by atoms with Crippen LogP contribution in [0.15, 0.2) is 18.2 Å². The molecule has 3 aliphatic rings. The highest BCUT2D eigenvalue weighted by atomic mass is 16.5. The van der Waals surface area contributed by atoms with Gasteiger partial charge in [0.25, 0.3) is 0 Å². The summed E-state index contributed by atoms with van der Waals surface area (Å²) in [6, 6.07) is 5.56. The van der Waals surface area contributed by atoms with E-state index in [1.165, 1.54) is 0 Å². The number of hydrogen-bond acceptors (Lipinski definition) is 5. The van der Waals surface area contributed by atoms with Gasteiger partial charge in [-0.3, -0.25) is 9.59 Å². The van der Waals surface area contributed by atoms with E-state index >= 15 is 0 Å². The number of likely N-dealkylation sites (tertiary alicyclic amines) is 1. The van der Waals surface area contributed by atoms with Crippen molar-refractivity contribution in [1.29, 1.82) is 0 Å².